The van der Waals surface area contributed by atoms with Crippen molar-refractivity contribution >= 4 is 69.6 Å². The summed E-state index contributed by atoms with van der Waals surface area (Å²) in [6.07, 6.45) is 6.64. The highest BCUT2D eigenvalue weighted by molar-refractivity contribution is 14.1. The highest BCUT2D eigenvalue weighted by Gasteiger charge is 2.31. The van der Waals surface area contributed by atoms with Crippen molar-refractivity contribution in [2.75, 3.05) is 49.7 Å². The average Bonchev–Trinajstić information content (AvgIpc) is 3.72. The van der Waals surface area contributed by atoms with Gasteiger partial charge in [0.2, 0.25) is 11.9 Å². The minimum atomic E-state index is -0.631. The summed E-state index contributed by atoms with van der Waals surface area (Å²) in [4.78, 5) is 78.1. The number of nitrogens with zero attached hydrogens (tertiary/aromatic N) is 6. The fourth-order valence-corrected chi connectivity index (χ4v) is 7.78. The third-order valence-electron chi connectivity index (χ3n) is 9.71. The van der Waals surface area contributed by atoms with Crippen LogP contribution in [0.3, 0.4) is 0 Å². The number of imidazole rings is 2. The first kappa shape index (κ1) is 50.6. The second-order valence-corrected chi connectivity index (χ2v) is 19.1. The maximum absolute atomic E-state index is 12.9. The first-order valence-corrected chi connectivity index (χ1v) is 22.5. The summed E-state index contributed by atoms with van der Waals surface area (Å²) >= 11 is 2.08. The number of allylic oxidation sites excluding steroid dienone is 4. The topological polar surface area (TPSA) is 204 Å². The Morgan fingerprint density at radius 2 is 1.30 bits per heavy atom. The number of aromatic amines is 1. The van der Waals surface area contributed by atoms with E-state index in [1.165, 1.54) is 13.2 Å². The van der Waals surface area contributed by atoms with Gasteiger partial charge >= 0.3 is 24.1 Å². The number of fused-ring (bicyclic) bond motifs is 1. The van der Waals surface area contributed by atoms with Gasteiger partial charge in [-0.25, -0.2) is 29.1 Å². The number of nitrogens with one attached hydrogen (secondary N) is 3. The van der Waals surface area contributed by atoms with Crippen molar-refractivity contribution in [2.24, 2.45) is 0 Å². The molecule has 5 heterocycles. The Kier molecular flexibility index (Phi) is 17.7. The van der Waals surface area contributed by atoms with Gasteiger partial charge in [-0.05, 0) is 131 Å². The van der Waals surface area contributed by atoms with Gasteiger partial charge in [-0.1, -0.05) is 23.3 Å². The normalized spacial score (nSPS) is 16.6. The predicted octanol–water partition coefficient (Wildman–Crippen LogP) is 7.10. The molecule has 2 amide bonds. The minimum Gasteiger partial charge on any atom is -0.464 e. The Morgan fingerprint density at radius 3 is 1.76 bits per heavy atom. The van der Waals surface area contributed by atoms with Crippen LogP contribution in [0.1, 0.15) is 123 Å². The van der Waals surface area contributed by atoms with Gasteiger partial charge in [0, 0.05) is 51.4 Å². The lowest BCUT2D eigenvalue weighted by Gasteiger charge is -2.34. The van der Waals surface area contributed by atoms with E-state index in [0.29, 0.717) is 59.2 Å². The summed E-state index contributed by atoms with van der Waals surface area (Å²) < 4.78 is 25.2. The number of ether oxygens (including phenoxy) is 4. The van der Waals surface area contributed by atoms with Crippen LogP contribution in [0.25, 0.3) is 11.0 Å². The third-order valence-corrected chi connectivity index (χ3v) is 10.5. The quantitative estimate of drug-likeness (QED) is 0.0761. The van der Waals surface area contributed by atoms with Crippen LogP contribution in [-0.4, -0.2) is 111 Å². The highest BCUT2D eigenvalue weighted by Crippen LogP contribution is 2.27. The number of alkyl carbamates (subject to hydrolysis) is 2. The number of halogens is 1. The van der Waals surface area contributed by atoms with E-state index in [1.807, 2.05) is 84.4 Å². The number of esters is 2. The summed E-state index contributed by atoms with van der Waals surface area (Å²) in [5, 5.41) is 5.90. The standard InChI is InChI=1S/C23H33N5O5.C21H33IN4O4/c1-14(2)9-11-28-18-16(12-17(20(30)32-6)25-19(18)29)26-21(28)27-10-7-8-15(13-27)24-22(31)33-23(3,4)5;1-7-29-18(27)16-17(22)24-19(26(16)12-10-14(2)3)25-11-8-9-15(13-25)23-20(28)30-21(4,5)6/h9,12,15H,7-8,10-11,13H2,1-6H3,(H,24,31)(H,25,29);10,15H,7-9,11-13H2,1-6H3,(H,23,28)/t2*15-/m11/s1. The molecule has 0 saturated carbocycles. The van der Waals surface area contributed by atoms with Crippen molar-refractivity contribution < 1.29 is 38.1 Å². The lowest BCUT2D eigenvalue weighted by Crippen LogP contribution is -2.49. The van der Waals surface area contributed by atoms with E-state index in [2.05, 4.69) is 54.1 Å². The molecule has 0 unspecified atom stereocenters. The molecule has 348 valence electrons. The van der Waals surface area contributed by atoms with Gasteiger partial charge in [0.05, 0.1) is 19.2 Å². The van der Waals surface area contributed by atoms with E-state index < -0.39 is 34.9 Å². The van der Waals surface area contributed by atoms with Gasteiger partial charge in [0.25, 0.3) is 5.56 Å². The molecular formula is C44H66IN9O9. The number of pyridine rings is 1. The van der Waals surface area contributed by atoms with Crippen LogP contribution < -0.4 is 26.0 Å². The molecule has 2 aliphatic rings. The zero-order valence-electron chi connectivity index (χ0n) is 38.9. The highest BCUT2D eigenvalue weighted by atomic mass is 127. The summed E-state index contributed by atoms with van der Waals surface area (Å²) in [5.41, 5.74) is 2.06. The SMILES string of the molecule is CCOC(=O)c1c(I)nc(N2CCC[C@@H](NC(=O)OC(C)(C)C)C2)n1CC=C(C)C.COC(=O)c1cc2nc(N3CCC[C@@H](NC(=O)OC(C)(C)C)C3)n(CC=C(C)C)c2c(=O)[nH]1. The van der Waals surface area contributed by atoms with Crippen LogP contribution in [-0.2, 0) is 32.0 Å². The molecule has 63 heavy (non-hydrogen) atoms. The van der Waals surface area contributed by atoms with Crippen LogP contribution in [0.4, 0.5) is 21.5 Å². The van der Waals surface area contributed by atoms with Gasteiger partial charge < -0.3 is 48.9 Å². The molecule has 2 aliphatic heterocycles. The number of hydrogen-bond donors (Lipinski definition) is 3. The first-order chi connectivity index (χ1) is 29.5. The van der Waals surface area contributed by atoms with Crippen molar-refractivity contribution in [3.8, 4) is 0 Å². The van der Waals surface area contributed by atoms with E-state index in [0.717, 1.165) is 55.9 Å². The molecule has 3 N–H and O–H groups in total. The predicted molar refractivity (Wildman–Crippen MR) is 251 cm³/mol. The lowest BCUT2D eigenvalue weighted by atomic mass is 10.1. The first-order valence-electron chi connectivity index (χ1n) is 21.4. The molecule has 0 aromatic carbocycles. The Labute approximate surface area is 383 Å². The number of H-pyrrole nitrogens is 1. The Balaban J connectivity index is 0.000000278. The van der Waals surface area contributed by atoms with Gasteiger partial charge in [-0.3, -0.25) is 9.36 Å². The van der Waals surface area contributed by atoms with Crippen LogP contribution in [0.15, 0.2) is 34.2 Å². The number of rotatable bonds is 11. The number of piperidine rings is 2. The molecule has 2 saturated heterocycles. The fraction of sp³-hybridized carbons (Fsp3) is 0.614. The van der Waals surface area contributed by atoms with E-state index in [1.54, 1.807) is 6.92 Å². The number of aromatic nitrogens is 5. The number of carbonyl (C=O) groups excluding carboxylic acids is 4. The molecule has 3 aromatic heterocycles. The summed E-state index contributed by atoms with van der Waals surface area (Å²) in [7, 11) is 1.26. The molecule has 2 atom stereocenters. The van der Waals surface area contributed by atoms with Crippen LogP contribution in [0.2, 0.25) is 0 Å². The third kappa shape index (κ3) is 14.7. The maximum Gasteiger partial charge on any atom is 0.407 e. The largest absolute Gasteiger partial charge is 0.464 e. The van der Waals surface area contributed by atoms with Crippen LogP contribution in [0.5, 0.6) is 0 Å². The number of anilines is 2. The second-order valence-electron chi connectivity index (χ2n) is 18.1. The lowest BCUT2D eigenvalue weighted by molar-refractivity contribution is 0.0487. The molecule has 0 bridgehead atoms. The molecule has 5 rings (SSSR count). The molecule has 0 aliphatic carbocycles. The van der Waals surface area contributed by atoms with E-state index in [9.17, 15) is 24.0 Å². The van der Waals surface area contributed by atoms with Crippen molar-refractivity contribution in [1.29, 1.82) is 0 Å². The second kappa shape index (κ2) is 22.0. The zero-order chi connectivity index (χ0) is 46.8. The van der Waals surface area contributed by atoms with E-state index in [4.69, 9.17) is 28.9 Å². The van der Waals surface area contributed by atoms with Gasteiger partial charge in [-0.15, -0.1) is 0 Å². The average molecular weight is 992 g/mol. The maximum atomic E-state index is 12.9. The number of carbonyl (C=O) groups is 4. The van der Waals surface area contributed by atoms with E-state index in [-0.39, 0.29) is 23.7 Å². The van der Waals surface area contributed by atoms with Crippen LogP contribution >= 0.6 is 22.6 Å². The molecule has 0 spiro atoms. The summed E-state index contributed by atoms with van der Waals surface area (Å²) in [6.45, 7) is 24.8. The fourth-order valence-electron chi connectivity index (χ4n) is 7.06. The van der Waals surface area contributed by atoms with Crippen molar-refractivity contribution in [3.63, 3.8) is 0 Å². The summed E-state index contributed by atoms with van der Waals surface area (Å²) in [6, 6.07) is 1.37. The monoisotopic (exact) mass is 991 g/mol. The number of amides is 2. The zero-order valence-corrected chi connectivity index (χ0v) is 41.1. The molecule has 19 heteroatoms. The Morgan fingerprint density at radius 1 is 0.810 bits per heavy atom. The van der Waals surface area contributed by atoms with Gasteiger partial charge in [-0.2, -0.15) is 0 Å². The van der Waals surface area contributed by atoms with Crippen molar-refractivity contribution in [1.82, 2.24) is 34.7 Å². The molecule has 2 fully saturated rings. The number of methoxy groups -OCH3 is 1. The molecular weight excluding hydrogens is 925 g/mol. The number of hydrogen-bond acceptors (Lipinski definition) is 13. The van der Waals surface area contributed by atoms with Gasteiger partial charge in [0.1, 0.15) is 26.1 Å². The minimum absolute atomic E-state index is 0.0501. The van der Waals surface area contributed by atoms with E-state index >= 15 is 0 Å². The molecule has 0 radical (unpaired) electrons. The van der Waals surface area contributed by atoms with Crippen LogP contribution in [0, 0.1) is 3.70 Å². The molecule has 18 nitrogen and oxygen atoms in total. The van der Waals surface area contributed by atoms with Crippen molar-refractivity contribution in [3.05, 3.63) is 54.8 Å². The van der Waals surface area contributed by atoms with Gasteiger partial charge in [0.15, 0.2) is 5.69 Å². The Bertz CT molecular complexity index is 2220. The Hall–Kier alpha value is -5.08. The molecule has 3 aromatic rings. The summed E-state index contributed by atoms with van der Waals surface area (Å²) in [5.74, 6) is 0.332. The smallest absolute Gasteiger partial charge is 0.407 e. The van der Waals surface area contributed by atoms with Crippen molar-refractivity contribution in [2.45, 2.75) is 138 Å².